The Balaban J connectivity index is 1.78. The lowest BCUT2D eigenvalue weighted by atomic mass is 10.2. The Kier molecular flexibility index (Phi) is 6.75. The van der Waals surface area contributed by atoms with Crippen molar-refractivity contribution in [1.82, 2.24) is 14.9 Å². The average molecular weight is 416 g/mol. The van der Waals surface area contributed by atoms with Crippen LogP contribution in [-0.2, 0) is 17.9 Å². The number of nitrogens with zero attached hydrogens (tertiary/aromatic N) is 2. The molecule has 5 nitrogen and oxygen atoms in total. The van der Waals surface area contributed by atoms with Crippen LogP contribution in [0.3, 0.4) is 0 Å². The highest BCUT2D eigenvalue weighted by atomic mass is 35.5. The minimum absolute atomic E-state index is 0.101. The summed E-state index contributed by atoms with van der Waals surface area (Å²) in [6.45, 7) is 5.08. The van der Waals surface area contributed by atoms with E-state index in [9.17, 15) is 9.59 Å². The molecule has 146 valence electrons. The normalized spacial score (nSPS) is 11.1. The number of nitrogens with one attached hydrogen (secondary N) is 1. The van der Waals surface area contributed by atoms with Gasteiger partial charge in [-0.3, -0.25) is 14.2 Å². The van der Waals surface area contributed by atoms with Gasteiger partial charge in [0, 0.05) is 18.1 Å². The molecule has 0 atom stereocenters. The molecule has 1 aromatic heterocycles. The third-order valence-electron chi connectivity index (χ3n) is 4.09. The number of aromatic nitrogens is 2. The van der Waals surface area contributed by atoms with Crippen molar-refractivity contribution in [3.8, 4) is 0 Å². The van der Waals surface area contributed by atoms with Gasteiger partial charge in [-0.2, -0.15) is 0 Å². The summed E-state index contributed by atoms with van der Waals surface area (Å²) in [6.07, 6.45) is 0. The van der Waals surface area contributed by atoms with E-state index in [1.165, 1.54) is 11.8 Å². The molecule has 0 saturated heterocycles. The molecule has 0 saturated carbocycles. The number of carbonyl (C=O) groups excluding carboxylic acids is 1. The molecule has 1 heterocycles. The van der Waals surface area contributed by atoms with Gasteiger partial charge in [-0.15, -0.1) is 0 Å². The van der Waals surface area contributed by atoms with Crippen LogP contribution in [-0.4, -0.2) is 21.2 Å². The van der Waals surface area contributed by atoms with E-state index in [-0.39, 0.29) is 23.1 Å². The zero-order valence-corrected chi connectivity index (χ0v) is 17.4. The Morgan fingerprint density at radius 3 is 2.68 bits per heavy atom. The van der Waals surface area contributed by atoms with Crippen LogP contribution in [0.1, 0.15) is 19.4 Å². The van der Waals surface area contributed by atoms with Gasteiger partial charge < -0.3 is 5.32 Å². The Morgan fingerprint density at radius 2 is 1.96 bits per heavy atom. The zero-order chi connectivity index (χ0) is 20.1. The smallest absolute Gasteiger partial charge is 0.262 e. The number of amides is 1. The fraction of sp³-hybridized carbons (Fsp3) is 0.286. The monoisotopic (exact) mass is 415 g/mol. The van der Waals surface area contributed by atoms with Crippen molar-refractivity contribution in [3.05, 3.63) is 69.5 Å². The summed E-state index contributed by atoms with van der Waals surface area (Å²) in [4.78, 5) is 29.8. The molecular formula is C21H22ClN3O2S. The number of halogens is 1. The molecule has 3 rings (SSSR count). The van der Waals surface area contributed by atoms with E-state index < -0.39 is 0 Å². The molecule has 0 bridgehead atoms. The number of thioether (sulfide) groups is 1. The second-order valence-electron chi connectivity index (χ2n) is 6.92. The SMILES string of the molecule is CC(C)Cn1c(SCC(=O)NCc2ccccc2)nc2ccc(Cl)cc2c1=O. The molecule has 0 aliphatic rings. The van der Waals surface area contributed by atoms with E-state index in [1.807, 2.05) is 44.2 Å². The third kappa shape index (κ3) is 5.14. The lowest BCUT2D eigenvalue weighted by molar-refractivity contribution is -0.118. The fourth-order valence-electron chi connectivity index (χ4n) is 2.79. The van der Waals surface area contributed by atoms with Gasteiger partial charge in [0.1, 0.15) is 0 Å². The maximum Gasteiger partial charge on any atom is 0.262 e. The Bertz CT molecular complexity index is 1030. The Labute approximate surface area is 173 Å². The van der Waals surface area contributed by atoms with Crippen LogP contribution in [0.5, 0.6) is 0 Å². The fourth-order valence-corrected chi connectivity index (χ4v) is 3.80. The highest BCUT2D eigenvalue weighted by Crippen LogP contribution is 2.21. The molecule has 3 aromatic rings. The third-order valence-corrected chi connectivity index (χ3v) is 5.31. The van der Waals surface area contributed by atoms with Crippen LogP contribution in [0, 0.1) is 5.92 Å². The maximum atomic E-state index is 12.9. The van der Waals surface area contributed by atoms with Crippen LogP contribution < -0.4 is 10.9 Å². The van der Waals surface area contributed by atoms with Gasteiger partial charge >= 0.3 is 0 Å². The van der Waals surface area contributed by atoms with E-state index in [1.54, 1.807) is 22.8 Å². The van der Waals surface area contributed by atoms with Gasteiger partial charge in [0.2, 0.25) is 5.91 Å². The van der Waals surface area contributed by atoms with Gasteiger partial charge in [0.15, 0.2) is 5.16 Å². The minimum Gasteiger partial charge on any atom is -0.351 e. The zero-order valence-electron chi connectivity index (χ0n) is 15.8. The van der Waals surface area contributed by atoms with E-state index in [0.717, 1.165) is 5.56 Å². The Hall–Kier alpha value is -2.31. The topological polar surface area (TPSA) is 64.0 Å². The van der Waals surface area contributed by atoms with Crippen LogP contribution in [0.25, 0.3) is 10.9 Å². The molecule has 0 unspecified atom stereocenters. The van der Waals surface area contributed by atoms with Gasteiger partial charge in [0.25, 0.3) is 5.56 Å². The van der Waals surface area contributed by atoms with E-state index in [0.29, 0.717) is 34.2 Å². The number of hydrogen-bond acceptors (Lipinski definition) is 4. The van der Waals surface area contributed by atoms with Crippen LogP contribution >= 0.6 is 23.4 Å². The molecule has 0 spiro atoms. The summed E-state index contributed by atoms with van der Waals surface area (Å²) in [5, 5.41) is 4.44. The summed E-state index contributed by atoms with van der Waals surface area (Å²) in [7, 11) is 0. The Morgan fingerprint density at radius 1 is 1.21 bits per heavy atom. The van der Waals surface area contributed by atoms with Gasteiger partial charge in [0.05, 0.1) is 16.7 Å². The van der Waals surface area contributed by atoms with Crippen molar-refractivity contribution in [1.29, 1.82) is 0 Å². The van der Waals surface area contributed by atoms with Crippen LogP contribution in [0.4, 0.5) is 0 Å². The molecule has 1 N–H and O–H groups in total. The average Bonchev–Trinajstić information content (AvgIpc) is 2.68. The van der Waals surface area contributed by atoms with E-state index in [2.05, 4.69) is 10.3 Å². The van der Waals surface area contributed by atoms with Crippen molar-refractivity contribution in [2.45, 2.75) is 32.1 Å². The summed E-state index contributed by atoms with van der Waals surface area (Å²) in [6, 6.07) is 14.8. The summed E-state index contributed by atoms with van der Waals surface area (Å²) >= 11 is 7.31. The number of rotatable bonds is 7. The van der Waals surface area contributed by atoms with E-state index >= 15 is 0 Å². The second kappa shape index (κ2) is 9.26. The predicted molar refractivity (Wildman–Crippen MR) is 115 cm³/mol. The van der Waals surface area contributed by atoms with Crippen molar-refractivity contribution >= 4 is 40.2 Å². The summed E-state index contributed by atoms with van der Waals surface area (Å²) < 4.78 is 1.64. The first kappa shape index (κ1) is 20.4. The summed E-state index contributed by atoms with van der Waals surface area (Å²) in [5.41, 5.74) is 1.49. The highest BCUT2D eigenvalue weighted by Gasteiger charge is 2.14. The predicted octanol–water partition coefficient (Wildman–Crippen LogP) is 4.11. The first-order valence-corrected chi connectivity index (χ1v) is 10.4. The highest BCUT2D eigenvalue weighted by molar-refractivity contribution is 7.99. The molecular weight excluding hydrogens is 394 g/mol. The minimum atomic E-state index is -0.131. The maximum absolute atomic E-state index is 12.9. The number of carbonyl (C=O) groups is 1. The molecule has 0 aliphatic carbocycles. The molecule has 1 amide bonds. The van der Waals surface area contributed by atoms with Crippen LogP contribution in [0.2, 0.25) is 5.02 Å². The number of fused-ring (bicyclic) bond motifs is 1. The molecule has 7 heteroatoms. The van der Waals surface area contributed by atoms with Crippen molar-refractivity contribution < 1.29 is 4.79 Å². The largest absolute Gasteiger partial charge is 0.351 e. The van der Waals surface area contributed by atoms with Crippen molar-refractivity contribution in [2.75, 3.05) is 5.75 Å². The van der Waals surface area contributed by atoms with Crippen molar-refractivity contribution in [3.63, 3.8) is 0 Å². The molecule has 28 heavy (non-hydrogen) atoms. The first-order valence-electron chi connectivity index (χ1n) is 9.07. The van der Waals surface area contributed by atoms with Crippen molar-refractivity contribution in [2.24, 2.45) is 5.92 Å². The second-order valence-corrected chi connectivity index (χ2v) is 8.30. The first-order chi connectivity index (χ1) is 13.4. The number of hydrogen-bond donors (Lipinski definition) is 1. The van der Waals surface area contributed by atoms with Gasteiger partial charge in [-0.05, 0) is 29.7 Å². The summed E-state index contributed by atoms with van der Waals surface area (Å²) in [5.74, 6) is 0.356. The van der Waals surface area contributed by atoms with Gasteiger partial charge in [-0.1, -0.05) is 67.5 Å². The standard InChI is InChI=1S/C21H22ClN3O2S/c1-14(2)12-25-20(27)17-10-16(22)8-9-18(17)24-21(25)28-13-19(26)23-11-15-6-4-3-5-7-15/h3-10,14H,11-13H2,1-2H3,(H,23,26). The molecule has 0 fully saturated rings. The van der Waals surface area contributed by atoms with Gasteiger partial charge in [-0.25, -0.2) is 4.98 Å². The lowest BCUT2D eigenvalue weighted by Gasteiger charge is -2.15. The van der Waals surface area contributed by atoms with E-state index in [4.69, 9.17) is 11.6 Å². The molecule has 2 aromatic carbocycles. The molecule has 0 radical (unpaired) electrons. The van der Waals surface area contributed by atoms with Crippen LogP contribution in [0.15, 0.2) is 58.5 Å². The lowest BCUT2D eigenvalue weighted by Crippen LogP contribution is -2.27. The number of benzene rings is 2. The quantitative estimate of drug-likeness (QED) is 0.465. The molecule has 0 aliphatic heterocycles.